The van der Waals surface area contributed by atoms with E-state index < -0.39 is 56.1 Å². The van der Waals surface area contributed by atoms with Crippen LogP contribution in [0.15, 0.2) is 101 Å². The summed E-state index contributed by atoms with van der Waals surface area (Å²) in [6, 6.07) is 27.8. The fourth-order valence-corrected chi connectivity index (χ4v) is 8.52. The zero-order chi connectivity index (χ0) is 39.0. The number of aromatic nitrogens is 2. The van der Waals surface area contributed by atoms with Crippen molar-refractivity contribution in [3.8, 4) is 17.6 Å². The fraction of sp³-hybridized carbons (Fsp3) is 0.425. The smallest absolute Gasteiger partial charge is 0.330 e. The average molecular weight is 763 g/mol. The Labute approximate surface area is 316 Å². The van der Waals surface area contributed by atoms with E-state index in [-0.39, 0.29) is 25.1 Å². The molecule has 1 fully saturated rings. The molecule has 3 aromatic carbocycles. The number of methoxy groups -OCH3 is 2. The Hall–Kier alpha value is -4.41. The summed E-state index contributed by atoms with van der Waals surface area (Å²) in [6.45, 7) is 9.76. The van der Waals surface area contributed by atoms with Gasteiger partial charge >= 0.3 is 5.69 Å². The first-order chi connectivity index (χ1) is 25.9. The molecular weight excluding hydrogens is 714 g/mol. The molecule has 5 rings (SSSR count). The number of aromatic amines is 1. The van der Waals surface area contributed by atoms with E-state index in [2.05, 4.69) is 11.1 Å². The normalized spacial score (nSPS) is 19.9. The third-order valence-corrected chi connectivity index (χ3v) is 11.3. The highest BCUT2D eigenvalue weighted by Crippen LogP contribution is 2.52. The van der Waals surface area contributed by atoms with Crippen LogP contribution in [0.25, 0.3) is 0 Å². The molecule has 0 amide bonds. The molecule has 2 unspecified atom stereocenters. The van der Waals surface area contributed by atoms with E-state index in [1.165, 1.54) is 6.20 Å². The van der Waals surface area contributed by atoms with Crippen LogP contribution in [-0.4, -0.2) is 71.6 Å². The number of nitriles is 1. The Bertz CT molecular complexity index is 1900. The van der Waals surface area contributed by atoms with Gasteiger partial charge in [-0.25, -0.2) is 13.9 Å². The van der Waals surface area contributed by atoms with Gasteiger partial charge in [0.15, 0.2) is 12.4 Å². The van der Waals surface area contributed by atoms with E-state index in [1.807, 2.05) is 111 Å². The van der Waals surface area contributed by atoms with Crippen LogP contribution < -0.4 is 20.7 Å². The average Bonchev–Trinajstić information content (AvgIpc) is 3.48. The molecule has 0 aliphatic carbocycles. The first kappa shape index (κ1) is 40.8. The summed E-state index contributed by atoms with van der Waals surface area (Å²) in [4.78, 5) is 27.2. The van der Waals surface area contributed by atoms with Crippen LogP contribution in [0.5, 0.6) is 11.5 Å². The van der Waals surface area contributed by atoms with E-state index in [4.69, 9.17) is 28.0 Å². The minimum Gasteiger partial charge on any atom is -0.497 e. The van der Waals surface area contributed by atoms with Crippen molar-refractivity contribution in [3.05, 3.63) is 129 Å². The van der Waals surface area contributed by atoms with Crippen LogP contribution in [0.4, 0.5) is 4.39 Å². The lowest BCUT2D eigenvalue weighted by Gasteiger charge is -2.41. The number of benzene rings is 3. The predicted molar refractivity (Wildman–Crippen MR) is 203 cm³/mol. The van der Waals surface area contributed by atoms with E-state index in [0.717, 1.165) is 27.3 Å². The molecule has 14 heteroatoms. The predicted octanol–water partition coefficient (Wildman–Crippen LogP) is 6.85. The first-order valence-corrected chi connectivity index (χ1v) is 19.0. The SMILES string of the molecule is COc1ccc(C(OC(C)[C@H]2O[C@@H](n3ccc(=O)[nH]c3=O)[C@H](F)[C@@H]2OP(OCCC#N)N(C(C)C)C(C)C)(c2ccccc2)c2ccc(OC)cc2)cc1. The van der Waals surface area contributed by atoms with Gasteiger partial charge in [-0.2, -0.15) is 5.26 Å². The summed E-state index contributed by atoms with van der Waals surface area (Å²) < 4.78 is 57.7. The Morgan fingerprint density at radius 3 is 1.94 bits per heavy atom. The maximum Gasteiger partial charge on any atom is 0.330 e. The number of nitrogens with zero attached hydrogens (tertiary/aromatic N) is 3. The second-order valence-corrected chi connectivity index (χ2v) is 14.8. The van der Waals surface area contributed by atoms with Crippen molar-refractivity contribution in [2.75, 3.05) is 20.8 Å². The summed E-state index contributed by atoms with van der Waals surface area (Å²) >= 11 is 0. The van der Waals surface area contributed by atoms with Gasteiger partial charge in [0.05, 0.1) is 39.4 Å². The molecule has 0 radical (unpaired) electrons. The zero-order valence-electron chi connectivity index (χ0n) is 31.5. The molecule has 1 aliphatic rings. The van der Waals surface area contributed by atoms with Crippen molar-refractivity contribution < 1.29 is 32.4 Å². The van der Waals surface area contributed by atoms with Gasteiger partial charge in [-0.3, -0.25) is 14.3 Å². The summed E-state index contributed by atoms with van der Waals surface area (Å²) in [6.07, 6.45) is -5.44. The lowest BCUT2D eigenvalue weighted by atomic mass is 9.79. The van der Waals surface area contributed by atoms with Gasteiger partial charge in [-0.15, -0.1) is 0 Å². The number of ether oxygens (including phenoxy) is 4. The van der Waals surface area contributed by atoms with Gasteiger partial charge in [0.1, 0.15) is 29.3 Å². The van der Waals surface area contributed by atoms with Crippen molar-refractivity contribution >= 4 is 8.53 Å². The van der Waals surface area contributed by atoms with Crippen LogP contribution in [0, 0.1) is 11.3 Å². The van der Waals surface area contributed by atoms with E-state index in [1.54, 1.807) is 21.1 Å². The summed E-state index contributed by atoms with van der Waals surface area (Å²) in [5.41, 5.74) is -0.476. The number of H-pyrrole nitrogens is 1. The van der Waals surface area contributed by atoms with Crippen LogP contribution in [0.2, 0.25) is 0 Å². The Morgan fingerprint density at radius 1 is 0.889 bits per heavy atom. The lowest BCUT2D eigenvalue weighted by molar-refractivity contribution is -0.135. The molecule has 0 saturated carbocycles. The first-order valence-electron chi connectivity index (χ1n) is 17.8. The molecule has 6 atom stereocenters. The van der Waals surface area contributed by atoms with Gasteiger partial charge in [0.25, 0.3) is 14.1 Å². The van der Waals surface area contributed by atoms with Crippen molar-refractivity contribution in [1.82, 2.24) is 14.2 Å². The Morgan fingerprint density at radius 2 is 1.44 bits per heavy atom. The Balaban J connectivity index is 1.66. The fourth-order valence-electron chi connectivity index (χ4n) is 6.77. The number of rotatable bonds is 17. The van der Waals surface area contributed by atoms with E-state index in [9.17, 15) is 14.9 Å². The molecular formula is C40H48FN4O8P. The molecule has 288 valence electrons. The monoisotopic (exact) mass is 762 g/mol. The quantitative estimate of drug-likeness (QED) is 0.0691. The van der Waals surface area contributed by atoms with Gasteiger partial charge in [-0.05, 0) is 75.6 Å². The van der Waals surface area contributed by atoms with Crippen molar-refractivity contribution in [1.29, 1.82) is 5.26 Å². The molecule has 1 N–H and O–H groups in total. The maximum absolute atomic E-state index is 17.1. The van der Waals surface area contributed by atoms with Gasteiger partial charge in [-0.1, -0.05) is 54.6 Å². The third kappa shape index (κ3) is 8.76. The van der Waals surface area contributed by atoms with Gasteiger partial charge < -0.3 is 28.0 Å². The standard InChI is InChI=1S/C40H48FN4O8P/c1-26(2)45(27(3)4)54(50-25-11-23-42)53-37-35(41)38(44-24-22-34(46)43-39(44)47)51-36(37)28(5)52-40(29-12-9-8-10-13-29,30-14-18-32(48-6)19-15-30)31-16-20-33(49-7)21-17-31/h8-10,12-22,24,26-28,35-38H,11,25H2,1-7H3,(H,43,46,47)/t28?,35-,36-,37+,38-,54?/m1/s1. The van der Waals surface area contributed by atoms with Crippen LogP contribution in [-0.2, 0) is 24.1 Å². The van der Waals surface area contributed by atoms with E-state index >= 15 is 4.39 Å². The molecule has 0 spiro atoms. The topological polar surface area (TPSA) is 137 Å². The zero-order valence-corrected chi connectivity index (χ0v) is 32.4. The minimum atomic E-state index is -1.95. The molecule has 1 saturated heterocycles. The summed E-state index contributed by atoms with van der Waals surface area (Å²) in [5.74, 6) is 1.30. The molecule has 4 aromatic rings. The van der Waals surface area contributed by atoms with Gasteiger partial charge in [0, 0.05) is 24.3 Å². The second kappa shape index (κ2) is 18.3. The number of alkyl halides is 1. The largest absolute Gasteiger partial charge is 0.497 e. The van der Waals surface area contributed by atoms with Crippen molar-refractivity contribution in [2.45, 2.75) is 89.4 Å². The second-order valence-electron chi connectivity index (χ2n) is 13.4. The molecule has 54 heavy (non-hydrogen) atoms. The Kier molecular flexibility index (Phi) is 13.8. The van der Waals surface area contributed by atoms with Crippen molar-refractivity contribution in [2.24, 2.45) is 0 Å². The molecule has 2 heterocycles. The lowest BCUT2D eigenvalue weighted by Crippen LogP contribution is -2.45. The highest BCUT2D eigenvalue weighted by Gasteiger charge is 2.53. The highest BCUT2D eigenvalue weighted by molar-refractivity contribution is 7.44. The highest BCUT2D eigenvalue weighted by atomic mass is 31.2. The number of hydrogen-bond donors (Lipinski definition) is 1. The van der Waals surface area contributed by atoms with E-state index in [0.29, 0.717) is 11.5 Å². The van der Waals surface area contributed by atoms with Crippen LogP contribution in [0.1, 0.15) is 64.0 Å². The number of hydrogen-bond acceptors (Lipinski definition) is 10. The number of halogens is 1. The summed E-state index contributed by atoms with van der Waals surface area (Å²) in [7, 11) is 1.24. The van der Waals surface area contributed by atoms with Crippen molar-refractivity contribution in [3.63, 3.8) is 0 Å². The third-order valence-electron chi connectivity index (χ3n) is 9.20. The number of nitrogens with one attached hydrogen (secondary N) is 1. The van der Waals surface area contributed by atoms with Crippen LogP contribution >= 0.6 is 8.53 Å². The summed E-state index contributed by atoms with van der Waals surface area (Å²) in [5, 5.41) is 9.29. The van der Waals surface area contributed by atoms with Crippen LogP contribution in [0.3, 0.4) is 0 Å². The molecule has 12 nitrogen and oxygen atoms in total. The molecule has 1 aromatic heterocycles. The minimum absolute atomic E-state index is 0.0637. The molecule has 1 aliphatic heterocycles. The maximum atomic E-state index is 17.1. The van der Waals surface area contributed by atoms with Gasteiger partial charge in [0.2, 0.25) is 0 Å². The molecule has 0 bridgehead atoms.